The van der Waals surface area contributed by atoms with E-state index in [4.69, 9.17) is 4.74 Å². The molecule has 0 saturated carbocycles. The highest BCUT2D eigenvalue weighted by Gasteiger charge is 2.30. The maximum Gasteiger partial charge on any atom is 0.216 e. The van der Waals surface area contributed by atoms with Crippen molar-refractivity contribution in [2.24, 2.45) is 4.99 Å². The Morgan fingerprint density at radius 1 is 1.25 bits per heavy atom. The third-order valence-corrected chi connectivity index (χ3v) is 5.81. The Balaban J connectivity index is 0.00000288. The minimum absolute atomic E-state index is 0. The van der Waals surface area contributed by atoms with Crippen LogP contribution in [0.3, 0.4) is 0 Å². The van der Waals surface area contributed by atoms with E-state index >= 15 is 0 Å². The lowest BCUT2D eigenvalue weighted by molar-refractivity contribution is -0.0440. The molecule has 1 heterocycles. The van der Waals surface area contributed by atoms with Crippen LogP contribution in [-0.2, 0) is 14.8 Å². The number of morpholine rings is 1. The van der Waals surface area contributed by atoms with Gasteiger partial charge in [-0.15, -0.1) is 24.0 Å². The number of nitrogens with zero attached hydrogens (tertiary/aromatic N) is 2. The van der Waals surface area contributed by atoms with Crippen LogP contribution in [0.1, 0.15) is 26.7 Å². The first-order valence-corrected chi connectivity index (χ1v) is 9.77. The molecule has 0 aromatic heterocycles. The van der Waals surface area contributed by atoms with Gasteiger partial charge in [0.2, 0.25) is 10.0 Å². The van der Waals surface area contributed by atoms with Crippen LogP contribution in [0.25, 0.3) is 0 Å². The molecule has 2 aliphatic rings. The minimum Gasteiger partial charge on any atom is -0.373 e. The molecule has 0 bridgehead atoms. The lowest BCUT2D eigenvalue weighted by Gasteiger charge is -2.34. The summed E-state index contributed by atoms with van der Waals surface area (Å²) in [6.45, 7) is 4.98. The predicted octanol–water partition coefficient (Wildman–Crippen LogP) is 0.927. The topological polar surface area (TPSA) is 83.0 Å². The van der Waals surface area contributed by atoms with Crippen LogP contribution < -0.4 is 10.6 Å². The number of ether oxygens (including phenoxy) is 1. The summed E-state index contributed by atoms with van der Waals surface area (Å²) in [5.41, 5.74) is 0. The van der Waals surface area contributed by atoms with Crippen molar-refractivity contribution in [1.29, 1.82) is 0 Å². The molecule has 24 heavy (non-hydrogen) atoms. The fourth-order valence-electron chi connectivity index (χ4n) is 2.91. The van der Waals surface area contributed by atoms with Gasteiger partial charge in [0.05, 0.1) is 18.0 Å². The first-order chi connectivity index (χ1) is 10.9. The summed E-state index contributed by atoms with van der Waals surface area (Å²) in [6.07, 6.45) is 6.09. The predicted molar refractivity (Wildman–Crippen MR) is 107 cm³/mol. The van der Waals surface area contributed by atoms with Crippen molar-refractivity contribution in [1.82, 2.24) is 14.9 Å². The average Bonchev–Trinajstić information content (AvgIpc) is 2.98. The van der Waals surface area contributed by atoms with E-state index < -0.39 is 10.0 Å². The summed E-state index contributed by atoms with van der Waals surface area (Å²) in [6, 6.07) is 0.346. The Bertz CT molecular complexity index is 535. The van der Waals surface area contributed by atoms with Gasteiger partial charge in [-0.25, -0.2) is 8.42 Å². The van der Waals surface area contributed by atoms with Gasteiger partial charge in [-0.3, -0.25) is 4.99 Å². The largest absolute Gasteiger partial charge is 0.373 e. The van der Waals surface area contributed by atoms with Crippen molar-refractivity contribution >= 4 is 40.0 Å². The molecule has 2 rings (SSSR count). The van der Waals surface area contributed by atoms with Crippen molar-refractivity contribution in [2.45, 2.75) is 44.9 Å². The molecule has 9 heteroatoms. The monoisotopic (exact) mass is 472 g/mol. The van der Waals surface area contributed by atoms with Crippen LogP contribution in [0, 0.1) is 0 Å². The number of sulfonamides is 1. The summed E-state index contributed by atoms with van der Waals surface area (Å²) in [5.74, 6) is 0.702. The van der Waals surface area contributed by atoms with Gasteiger partial charge in [0.15, 0.2) is 5.96 Å². The molecule has 2 unspecified atom stereocenters. The molecule has 0 spiro atoms. The van der Waals surface area contributed by atoms with Gasteiger partial charge in [-0.2, -0.15) is 4.31 Å². The Morgan fingerprint density at radius 2 is 1.83 bits per heavy atom. The van der Waals surface area contributed by atoms with E-state index in [9.17, 15) is 8.42 Å². The van der Waals surface area contributed by atoms with Crippen molar-refractivity contribution in [3.8, 4) is 0 Å². The van der Waals surface area contributed by atoms with Gasteiger partial charge in [-0.1, -0.05) is 12.2 Å². The second kappa shape index (κ2) is 9.93. The van der Waals surface area contributed by atoms with Crippen LogP contribution >= 0.6 is 24.0 Å². The Kier molecular flexibility index (Phi) is 8.96. The molecule has 0 aromatic carbocycles. The minimum atomic E-state index is -3.28. The van der Waals surface area contributed by atoms with Gasteiger partial charge in [-0.05, 0) is 26.7 Å². The van der Waals surface area contributed by atoms with Crippen molar-refractivity contribution < 1.29 is 13.2 Å². The number of hydrogen-bond acceptors (Lipinski definition) is 4. The van der Waals surface area contributed by atoms with Crippen LogP contribution in [0.2, 0.25) is 0 Å². The van der Waals surface area contributed by atoms with E-state index in [-0.39, 0.29) is 41.9 Å². The molecular weight excluding hydrogens is 443 g/mol. The number of nitrogens with one attached hydrogen (secondary N) is 2. The van der Waals surface area contributed by atoms with Crippen molar-refractivity contribution in [3.63, 3.8) is 0 Å². The second-order valence-corrected chi connectivity index (χ2v) is 8.26. The van der Waals surface area contributed by atoms with Crippen LogP contribution in [0.15, 0.2) is 17.1 Å². The highest BCUT2D eigenvalue weighted by atomic mass is 127. The summed E-state index contributed by atoms with van der Waals surface area (Å²) < 4.78 is 32.0. The van der Waals surface area contributed by atoms with Gasteiger partial charge in [0.25, 0.3) is 0 Å². The smallest absolute Gasteiger partial charge is 0.216 e. The zero-order chi connectivity index (χ0) is 16.9. The molecule has 2 N–H and O–H groups in total. The van der Waals surface area contributed by atoms with Gasteiger partial charge < -0.3 is 15.4 Å². The van der Waals surface area contributed by atoms with E-state index in [2.05, 4.69) is 27.8 Å². The van der Waals surface area contributed by atoms with Gasteiger partial charge in [0.1, 0.15) is 0 Å². The van der Waals surface area contributed by atoms with Gasteiger partial charge >= 0.3 is 0 Å². The summed E-state index contributed by atoms with van der Waals surface area (Å²) in [5, 5.41) is 6.38. The summed E-state index contributed by atoms with van der Waals surface area (Å²) >= 11 is 0. The summed E-state index contributed by atoms with van der Waals surface area (Å²) in [7, 11) is -1.59. The quantitative estimate of drug-likeness (QED) is 0.269. The lowest BCUT2D eigenvalue weighted by atomic mass is 10.2. The van der Waals surface area contributed by atoms with Crippen LogP contribution in [0.5, 0.6) is 0 Å². The molecule has 0 radical (unpaired) electrons. The Hall–Kier alpha value is -0.390. The highest BCUT2D eigenvalue weighted by molar-refractivity contribution is 14.0. The van der Waals surface area contributed by atoms with E-state index in [1.165, 1.54) is 4.31 Å². The van der Waals surface area contributed by atoms with E-state index in [0.717, 1.165) is 12.8 Å². The van der Waals surface area contributed by atoms with Crippen LogP contribution in [-0.4, -0.2) is 69.4 Å². The number of halogens is 1. The summed E-state index contributed by atoms with van der Waals surface area (Å²) in [4.78, 5) is 4.15. The molecule has 140 valence electrons. The zero-order valence-electron chi connectivity index (χ0n) is 14.6. The normalized spacial score (nSPS) is 26.2. The second-order valence-electron chi connectivity index (χ2n) is 6.17. The fourth-order valence-corrected chi connectivity index (χ4v) is 4.40. The third kappa shape index (κ3) is 6.49. The fraction of sp³-hybridized carbons (Fsp3) is 0.800. The zero-order valence-corrected chi connectivity index (χ0v) is 17.7. The van der Waals surface area contributed by atoms with Crippen molar-refractivity contribution in [2.75, 3.05) is 32.4 Å². The lowest BCUT2D eigenvalue weighted by Crippen LogP contribution is -2.50. The number of aliphatic imine (C=N–C) groups is 1. The molecule has 0 amide bonds. The molecule has 1 aliphatic carbocycles. The molecule has 7 nitrogen and oxygen atoms in total. The van der Waals surface area contributed by atoms with Crippen LogP contribution in [0.4, 0.5) is 0 Å². The first-order valence-electron chi connectivity index (χ1n) is 8.16. The van der Waals surface area contributed by atoms with E-state index in [1.807, 2.05) is 13.8 Å². The molecule has 1 saturated heterocycles. The Morgan fingerprint density at radius 3 is 2.38 bits per heavy atom. The molecule has 1 fully saturated rings. The Labute approximate surface area is 162 Å². The third-order valence-electron chi connectivity index (χ3n) is 4.00. The SMILES string of the molecule is CN=C(NCCS(=O)(=O)N1CC(C)OC(C)C1)NC1CC=CC1.I. The van der Waals surface area contributed by atoms with E-state index in [0.29, 0.717) is 31.6 Å². The molecule has 0 aromatic rings. The maximum atomic E-state index is 12.5. The maximum absolute atomic E-state index is 12.5. The number of hydrogen-bond donors (Lipinski definition) is 2. The molecule has 2 atom stereocenters. The average molecular weight is 472 g/mol. The first kappa shape index (κ1) is 21.7. The standard InChI is InChI=1S/C15H28N4O3S.HI/c1-12-10-19(11-13(2)22-12)23(20,21)9-8-17-15(16-3)18-14-6-4-5-7-14;/h4-5,12-14H,6-11H2,1-3H3,(H2,16,17,18);1H. The number of rotatable bonds is 5. The van der Waals surface area contributed by atoms with Crippen molar-refractivity contribution in [3.05, 3.63) is 12.2 Å². The number of guanidine groups is 1. The molecular formula is C15H29IN4O3S. The molecule has 1 aliphatic heterocycles. The van der Waals surface area contributed by atoms with Gasteiger partial charge in [0, 0.05) is 32.7 Å². The highest BCUT2D eigenvalue weighted by Crippen LogP contribution is 2.14. The van der Waals surface area contributed by atoms with E-state index in [1.54, 1.807) is 7.05 Å².